The molecule has 0 amide bonds. The molecule has 0 aliphatic heterocycles. The fourth-order valence-corrected chi connectivity index (χ4v) is 2.30. The minimum atomic E-state index is -4.69. The first kappa shape index (κ1) is 13.1. The maximum Gasteiger partial charge on any atom is 0.369 e. The van der Waals surface area contributed by atoms with E-state index in [0.717, 1.165) is 0 Å². The SMILES string of the molecule is O=[N+]([O-])c1ccc(O)c(S(=O)(=O)Cl)c1[N+](=O)[O-]. The number of hydrogen-bond donors (Lipinski definition) is 1. The number of nitrogens with zero attached hydrogens (tertiary/aromatic N) is 2. The molecule has 11 heteroatoms. The van der Waals surface area contributed by atoms with Crippen LogP contribution in [0.5, 0.6) is 5.75 Å². The van der Waals surface area contributed by atoms with Gasteiger partial charge in [-0.2, -0.15) is 0 Å². The van der Waals surface area contributed by atoms with E-state index in [9.17, 15) is 33.8 Å². The van der Waals surface area contributed by atoms with Crippen LogP contribution in [0.4, 0.5) is 11.4 Å². The molecule has 1 N–H and O–H groups in total. The van der Waals surface area contributed by atoms with Gasteiger partial charge in [0.25, 0.3) is 9.05 Å². The second-order valence-corrected chi connectivity index (χ2v) is 5.24. The third-order valence-corrected chi connectivity index (χ3v) is 3.07. The lowest BCUT2D eigenvalue weighted by Gasteiger charge is -2.02. The summed E-state index contributed by atoms with van der Waals surface area (Å²) in [6, 6.07) is 1.25. The summed E-state index contributed by atoms with van der Waals surface area (Å²) in [5.74, 6) is -1.03. The van der Waals surface area contributed by atoms with Crippen LogP contribution in [0.25, 0.3) is 0 Å². The highest BCUT2D eigenvalue weighted by atomic mass is 35.7. The first-order chi connectivity index (χ1) is 7.66. The second kappa shape index (κ2) is 4.14. The van der Waals surface area contributed by atoms with Crippen LogP contribution in [-0.4, -0.2) is 23.4 Å². The average molecular weight is 283 g/mol. The van der Waals surface area contributed by atoms with Crippen LogP contribution in [0.1, 0.15) is 0 Å². The molecule has 0 unspecified atom stereocenters. The number of phenolic OH excluding ortho intramolecular Hbond substituents is 1. The maximum atomic E-state index is 11.0. The summed E-state index contributed by atoms with van der Waals surface area (Å²) in [4.78, 5) is 17.4. The highest BCUT2D eigenvalue weighted by Gasteiger charge is 2.37. The zero-order chi connectivity index (χ0) is 13.4. The standard InChI is InChI=1S/C6H3ClN2O7S/c7-17(15,16)6-4(10)2-1-3(8(11)12)5(6)9(13)14/h1-2,10H. The number of rotatable bonds is 3. The summed E-state index contributed by atoms with van der Waals surface area (Å²) in [7, 11) is 0.186. The predicted molar refractivity (Wildman–Crippen MR) is 54.5 cm³/mol. The van der Waals surface area contributed by atoms with Gasteiger partial charge < -0.3 is 5.11 Å². The highest BCUT2D eigenvalue weighted by Crippen LogP contribution is 2.40. The van der Waals surface area contributed by atoms with E-state index in [0.29, 0.717) is 12.1 Å². The number of benzene rings is 1. The lowest BCUT2D eigenvalue weighted by atomic mass is 10.2. The lowest BCUT2D eigenvalue weighted by molar-refractivity contribution is -0.424. The molecular weight excluding hydrogens is 280 g/mol. The van der Waals surface area contributed by atoms with Crippen LogP contribution in [0.3, 0.4) is 0 Å². The Balaban J connectivity index is 3.86. The number of halogens is 1. The Bertz CT molecular complexity index is 611. The molecule has 9 nitrogen and oxygen atoms in total. The minimum Gasteiger partial charge on any atom is -0.506 e. The number of phenols is 1. The number of hydrogen-bond acceptors (Lipinski definition) is 7. The van der Waals surface area contributed by atoms with E-state index < -0.39 is 40.9 Å². The van der Waals surface area contributed by atoms with Crippen molar-refractivity contribution in [2.45, 2.75) is 4.90 Å². The van der Waals surface area contributed by atoms with Crippen molar-refractivity contribution in [1.82, 2.24) is 0 Å². The number of aromatic hydroxyl groups is 1. The Kier molecular flexibility index (Phi) is 3.20. The molecule has 0 fully saturated rings. The van der Waals surface area contributed by atoms with Crippen LogP contribution in [0.2, 0.25) is 0 Å². The van der Waals surface area contributed by atoms with Gasteiger partial charge in [0.1, 0.15) is 5.75 Å². The van der Waals surface area contributed by atoms with Crippen LogP contribution < -0.4 is 0 Å². The van der Waals surface area contributed by atoms with Gasteiger partial charge in [0.05, 0.1) is 9.85 Å². The Morgan fingerprint density at radius 1 is 1.18 bits per heavy atom. The molecule has 0 aliphatic carbocycles. The van der Waals surface area contributed by atoms with Gasteiger partial charge in [-0.25, -0.2) is 8.42 Å². The maximum absolute atomic E-state index is 11.0. The van der Waals surface area contributed by atoms with Crippen molar-refractivity contribution in [1.29, 1.82) is 0 Å². The Morgan fingerprint density at radius 3 is 2.06 bits per heavy atom. The topological polar surface area (TPSA) is 141 Å². The molecule has 0 saturated carbocycles. The molecule has 0 saturated heterocycles. The summed E-state index contributed by atoms with van der Waals surface area (Å²) in [5.41, 5.74) is -2.45. The van der Waals surface area contributed by atoms with Gasteiger partial charge in [0.2, 0.25) is 4.90 Å². The van der Waals surface area contributed by atoms with E-state index >= 15 is 0 Å². The van der Waals surface area contributed by atoms with Gasteiger partial charge in [0, 0.05) is 16.7 Å². The monoisotopic (exact) mass is 282 g/mol. The molecule has 0 spiro atoms. The molecule has 17 heavy (non-hydrogen) atoms. The smallest absolute Gasteiger partial charge is 0.369 e. The first-order valence-electron chi connectivity index (χ1n) is 3.75. The Labute approximate surface area is 98.0 Å². The molecule has 1 aromatic rings. The van der Waals surface area contributed by atoms with Crippen molar-refractivity contribution >= 4 is 31.1 Å². The normalized spacial score (nSPS) is 11.1. The second-order valence-electron chi connectivity index (χ2n) is 2.73. The van der Waals surface area contributed by atoms with Gasteiger partial charge >= 0.3 is 11.4 Å². The quantitative estimate of drug-likeness (QED) is 0.497. The van der Waals surface area contributed by atoms with Crippen LogP contribution in [0.15, 0.2) is 17.0 Å². The van der Waals surface area contributed by atoms with Crippen molar-refractivity contribution in [3.8, 4) is 5.75 Å². The van der Waals surface area contributed by atoms with Gasteiger partial charge in [-0.3, -0.25) is 20.2 Å². The highest BCUT2D eigenvalue weighted by molar-refractivity contribution is 8.14. The van der Waals surface area contributed by atoms with E-state index in [4.69, 9.17) is 10.7 Å². The van der Waals surface area contributed by atoms with Crippen molar-refractivity contribution in [3.05, 3.63) is 32.4 Å². The molecule has 0 atom stereocenters. The summed E-state index contributed by atoms with van der Waals surface area (Å²) >= 11 is 0. The Morgan fingerprint density at radius 2 is 1.71 bits per heavy atom. The van der Waals surface area contributed by atoms with E-state index in [-0.39, 0.29) is 0 Å². The largest absolute Gasteiger partial charge is 0.506 e. The van der Waals surface area contributed by atoms with Gasteiger partial charge in [-0.1, -0.05) is 0 Å². The molecule has 92 valence electrons. The fraction of sp³-hybridized carbons (Fsp3) is 0. The average Bonchev–Trinajstić information content (AvgIpc) is 2.14. The molecule has 0 radical (unpaired) electrons. The number of nitro groups is 2. The third kappa shape index (κ3) is 2.42. The molecule has 1 aromatic carbocycles. The molecule has 0 heterocycles. The zero-order valence-corrected chi connectivity index (χ0v) is 9.30. The van der Waals surface area contributed by atoms with E-state index in [1.165, 1.54) is 0 Å². The molecule has 0 bridgehead atoms. The minimum absolute atomic E-state index is 0.610. The zero-order valence-electron chi connectivity index (χ0n) is 7.73. The van der Waals surface area contributed by atoms with Crippen molar-refractivity contribution in [2.75, 3.05) is 0 Å². The van der Waals surface area contributed by atoms with E-state index in [1.807, 2.05) is 0 Å². The fourth-order valence-electron chi connectivity index (χ4n) is 1.11. The summed E-state index contributed by atoms with van der Waals surface area (Å²) < 4.78 is 22.1. The molecule has 0 aromatic heterocycles. The molecular formula is C6H3ClN2O7S. The van der Waals surface area contributed by atoms with E-state index in [2.05, 4.69) is 0 Å². The van der Waals surface area contributed by atoms with Gasteiger partial charge in [-0.15, -0.1) is 0 Å². The summed E-state index contributed by atoms with van der Waals surface area (Å²) in [6.45, 7) is 0. The molecule has 1 rings (SSSR count). The Hall–Kier alpha value is -1.94. The van der Waals surface area contributed by atoms with E-state index in [1.54, 1.807) is 0 Å². The van der Waals surface area contributed by atoms with Gasteiger partial charge in [-0.05, 0) is 6.07 Å². The van der Waals surface area contributed by atoms with Crippen LogP contribution in [-0.2, 0) is 9.05 Å². The van der Waals surface area contributed by atoms with Crippen LogP contribution >= 0.6 is 10.7 Å². The predicted octanol–water partition coefficient (Wildman–Crippen LogP) is 1.14. The molecule has 0 aliphatic rings. The first-order valence-corrected chi connectivity index (χ1v) is 6.06. The van der Waals surface area contributed by atoms with Crippen molar-refractivity contribution in [2.24, 2.45) is 0 Å². The number of nitro benzene ring substituents is 2. The van der Waals surface area contributed by atoms with Crippen LogP contribution in [0, 0.1) is 20.2 Å². The lowest BCUT2D eigenvalue weighted by Crippen LogP contribution is -2.03. The van der Waals surface area contributed by atoms with Gasteiger partial charge in [0.15, 0.2) is 0 Å². The third-order valence-electron chi connectivity index (χ3n) is 1.71. The summed E-state index contributed by atoms with van der Waals surface area (Å²) in [6.07, 6.45) is 0. The van der Waals surface area contributed by atoms with Crippen molar-refractivity contribution < 1.29 is 23.4 Å². The van der Waals surface area contributed by atoms with Crippen molar-refractivity contribution in [3.63, 3.8) is 0 Å². The summed E-state index contributed by atoms with van der Waals surface area (Å²) in [5, 5.41) is 30.3.